The Kier molecular flexibility index (Phi) is 6.15. The number of fused-ring (bicyclic) bond motifs is 2. The molecular formula is C22H25N3O5S. The molecule has 3 aromatic rings. The Morgan fingerprint density at radius 1 is 1.06 bits per heavy atom. The van der Waals surface area contributed by atoms with E-state index in [9.17, 15) is 4.79 Å². The highest BCUT2D eigenvalue weighted by Gasteiger charge is 2.25. The summed E-state index contributed by atoms with van der Waals surface area (Å²) in [5.41, 5.74) is 1.20. The fourth-order valence-corrected chi connectivity index (χ4v) is 4.50. The Bertz CT molecular complexity index is 1060. The second-order valence-electron chi connectivity index (χ2n) is 7.33. The van der Waals surface area contributed by atoms with Crippen LogP contribution >= 0.6 is 11.3 Å². The van der Waals surface area contributed by atoms with Gasteiger partial charge in [0.25, 0.3) is 5.91 Å². The number of thiazole rings is 1. The fourth-order valence-electron chi connectivity index (χ4n) is 3.40. The number of ether oxygens (including phenoxy) is 4. The molecule has 2 aromatic carbocycles. The molecule has 0 atom stereocenters. The van der Waals surface area contributed by atoms with Gasteiger partial charge in [0.1, 0.15) is 21.7 Å². The molecule has 0 N–H and O–H groups in total. The number of benzene rings is 2. The first-order valence-electron chi connectivity index (χ1n) is 9.89. The van der Waals surface area contributed by atoms with Crippen LogP contribution in [0.1, 0.15) is 16.8 Å². The summed E-state index contributed by atoms with van der Waals surface area (Å²) in [7, 11) is 7.25. The van der Waals surface area contributed by atoms with Crippen LogP contribution in [0.15, 0.2) is 30.3 Å². The van der Waals surface area contributed by atoms with Gasteiger partial charge in [-0.25, -0.2) is 4.98 Å². The summed E-state index contributed by atoms with van der Waals surface area (Å²) in [6.07, 6.45) is 0.799. The van der Waals surface area contributed by atoms with Crippen molar-refractivity contribution in [2.45, 2.75) is 6.42 Å². The number of hydrogen-bond donors (Lipinski definition) is 0. The van der Waals surface area contributed by atoms with Crippen LogP contribution in [0.25, 0.3) is 10.2 Å². The first kappa shape index (κ1) is 21.2. The molecule has 164 valence electrons. The van der Waals surface area contributed by atoms with Crippen molar-refractivity contribution in [3.63, 3.8) is 0 Å². The summed E-state index contributed by atoms with van der Waals surface area (Å²) in [6.45, 7) is 1.54. The quantitative estimate of drug-likeness (QED) is 0.526. The molecule has 9 heteroatoms. The maximum atomic E-state index is 13.5. The molecule has 1 aliphatic heterocycles. The zero-order chi connectivity index (χ0) is 22.0. The van der Waals surface area contributed by atoms with E-state index >= 15 is 0 Å². The topological polar surface area (TPSA) is 73.4 Å². The first-order valence-corrected chi connectivity index (χ1v) is 10.7. The highest BCUT2D eigenvalue weighted by molar-refractivity contribution is 7.22. The lowest BCUT2D eigenvalue weighted by Crippen LogP contribution is -2.33. The molecule has 0 aliphatic carbocycles. The molecule has 0 saturated carbocycles. The molecule has 0 bridgehead atoms. The van der Waals surface area contributed by atoms with Crippen LogP contribution in [-0.4, -0.2) is 64.0 Å². The van der Waals surface area contributed by atoms with Gasteiger partial charge in [-0.2, -0.15) is 0 Å². The molecule has 1 aromatic heterocycles. The molecule has 0 spiro atoms. The highest BCUT2D eigenvalue weighted by atomic mass is 32.1. The predicted molar refractivity (Wildman–Crippen MR) is 120 cm³/mol. The van der Waals surface area contributed by atoms with Gasteiger partial charge in [-0.1, -0.05) is 11.3 Å². The normalized spacial score (nSPS) is 12.4. The van der Waals surface area contributed by atoms with Crippen molar-refractivity contribution in [1.29, 1.82) is 0 Å². The number of methoxy groups -OCH3 is 2. The minimum atomic E-state index is -0.144. The van der Waals surface area contributed by atoms with Gasteiger partial charge in [0.15, 0.2) is 16.6 Å². The highest BCUT2D eigenvalue weighted by Crippen LogP contribution is 2.41. The van der Waals surface area contributed by atoms with Crippen molar-refractivity contribution >= 4 is 32.6 Å². The number of nitrogens with zero attached hydrogens (tertiary/aromatic N) is 3. The summed E-state index contributed by atoms with van der Waals surface area (Å²) >= 11 is 1.41. The Labute approximate surface area is 184 Å². The SMILES string of the molecule is COc1ccc(OC)c2sc(N(CCCN(C)C)C(=O)c3ccc4c(c3)OCO4)nc12. The Hall–Kier alpha value is -3.04. The van der Waals surface area contributed by atoms with Crippen molar-refractivity contribution in [3.05, 3.63) is 35.9 Å². The van der Waals surface area contributed by atoms with E-state index in [-0.39, 0.29) is 12.7 Å². The number of hydrogen-bond acceptors (Lipinski definition) is 8. The summed E-state index contributed by atoms with van der Waals surface area (Å²) in [6, 6.07) is 8.90. The lowest BCUT2D eigenvalue weighted by atomic mass is 10.1. The molecule has 0 saturated heterocycles. The Balaban J connectivity index is 1.73. The average Bonchev–Trinajstić information content (AvgIpc) is 3.42. The smallest absolute Gasteiger partial charge is 0.260 e. The van der Waals surface area contributed by atoms with Crippen molar-refractivity contribution < 1.29 is 23.7 Å². The number of aromatic nitrogens is 1. The number of anilines is 1. The Morgan fingerprint density at radius 2 is 1.81 bits per heavy atom. The molecule has 8 nitrogen and oxygen atoms in total. The molecular weight excluding hydrogens is 418 g/mol. The minimum Gasteiger partial charge on any atom is -0.495 e. The van der Waals surface area contributed by atoms with Gasteiger partial charge >= 0.3 is 0 Å². The van der Waals surface area contributed by atoms with Crippen LogP contribution in [0, 0.1) is 0 Å². The molecule has 31 heavy (non-hydrogen) atoms. The third-order valence-corrected chi connectivity index (χ3v) is 6.07. The summed E-state index contributed by atoms with van der Waals surface area (Å²) in [4.78, 5) is 22.1. The average molecular weight is 444 g/mol. The van der Waals surface area contributed by atoms with E-state index < -0.39 is 0 Å². The lowest BCUT2D eigenvalue weighted by molar-refractivity contribution is 0.0985. The van der Waals surface area contributed by atoms with E-state index in [1.165, 1.54) is 11.3 Å². The second-order valence-corrected chi connectivity index (χ2v) is 8.30. The molecule has 2 heterocycles. The van der Waals surface area contributed by atoms with Crippen LogP contribution < -0.4 is 23.8 Å². The van der Waals surface area contributed by atoms with E-state index in [4.69, 9.17) is 23.9 Å². The number of amides is 1. The van der Waals surface area contributed by atoms with Crippen LogP contribution in [0.5, 0.6) is 23.0 Å². The number of carbonyl (C=O) groups excluding carboxylic acids is 1. The van der Waals surface area contributed by atoms with Gasteiger partial charge in [-0.3, -0.25) is 9.69 Å². The predicted octanol–water partition coefficient (Wildman–Crippen LogP) is 3.64. The van der Waals surface area contributed by atoms with Crippen molar-refractivity contribution in [2.75, 3.05) is 53.1 Å². The molecule has 1 amide bonds. The van der Waals surface area contributed by atoms with Crippen molar-refractivity contribution in [2.24, 2.45) is 0 Å². The fraction of sp³-hybridized carbons (Fsp3) is 0.364. The minimum absolute atomic E-state index is 0.144. The molecule has 0 radical (unpaired) electrons. The van der Waals surface area contributed by atoms with E-state index in [0.717, 1.165) is 17.7 Å². The van der Waals surface area contributed by atoms with Gasteiger partial charge in [0.05, 0.1) is 14.2 Å². The van der Waals surface area contributed by atoms with Gasteiger partial charge in [-0.05, 0) is 57.4 Å². The maximum Gasteiger partial charge on any atom is 0.260 e. The number of carbonyl (C=O) groups is 1. The zero-order valence-electron chi connectivity index (χ0n) is 18.0. The van der Waals surface area contributed by atoms with E-state index in [2.05, 4.69) is 4.90 Å². The van der Waals surface area contributed by atoms with Gasteiger partial charge < -0.3 is 23.8 Å². The first-order chi connectivity index (χ1) is 15.0. The molecule has 0 fully saturated rings. The maximum absolute atomic E-state index is 13.5. The summed E-state index contributed by atoms with van der Waals surface area (Å²) < 4.78 is 22.6. The van der Waals surface area contributed by atoms with Crippen LogP contribution in [-0.2, 0) is 0 Å². The van der Waals surface area contributed by atoms with Gasteiger partial charge in [0.2, 0.25) is 6.79 Å². The molecule has 1 aliphatic rings. The van der Waals surface area contributed by atoms with Crippen molar-refractivity contribution in [3.8, 4) is 23.0 Å². The van der Waals surface area contributed by atoms with E-state index in [1.54, 1.807) is 37.3 Å². The summed E-state index contributed by atoms with van der Waals surface area (Å²) in [5.74, 6) is 2.41. The lowest BCUT2D eigenvalue weighted by Gasteiger charge is -2.21. The second kappa shape index (κ2) is 8.99. The van der Waals surface area contributed by atoms with Gasteiger partial charge in [0, 0.05) is 12.1 Å². The van der Waals surface area contributed by atoms with Crippen molar-refractivity contribution in [1.82, 2.24) is 9.88 Å². The van der Waals surface area contributed by atoms with Crippen LogP contribution in [0.3, 0.4) is 0 Å². The third kappa shape index (κ3) is 4.24. The molecule has 4 rings (SSSR count). The van der Waals surface area contributed by atoms with Gasteiger partial charge in [-0.15, -0.1) is 0 Å². The van der Waals surface area contributed by atoms with Crippen LogP contribution in [0.4, 0.5) is 5.13 Å². The molecule has 0 unspecified atom stereocenters. The van der Waals surface area contributed by atoms with E-state index in [1.807, 2.05) is 26.2 Å². The third-order valence-electron chi connectivity index (χ3n) is 4.98. The van der Waals surface area contributed by atoms with Crippen LogP contribution in [0.2, 0.25) is 0 Å². The number of rotatable bonds is 8. The largest absolute Gasteiger partial charge is 0.495 e. The monoisotopic (exact) mass is 443 g/mol. The standard InChI is InChI=1S/C22H25N3O5S/c1-24(2)10-5-11-25(21(26)14-6-7-15-18(12-14)30-13-29-15)22-23-19-16(27-3)8-9-17(28-4)20(19)31-22/h6-9,12H,5,10-11,13H2,1-4H3. The zero-order valence-corrected chi connectivity index (χ0v) is 18.8. The Morgan fingerprint density at radius 3 is 2.55 bits per heavy atom. The summed E-state index contributed by atoms with van der Waals surface area (Å²) in [5, 5.41) is 0.597. The van der Waals surface area contributed by atoms with E-state index in [0.29, 0.717) is 45.8 Å².